The Labute approximate surface area is 99.8 Å². The molecule has 0 saturated carbocycles. The van der Waals surface area contributed by atoms with Crippen molar-refractivity contribution >= 4 is 5.69 Å². The van der Waals surface area contributed by atoms with Crippen LogP contribution in [-0.2, 0) is 4.74 Å². The van der Waals surface area contributed by atoms with Crippen molar-refractivity contribution in [1.82, 2.24) is 0 Å². The minimum Gasteiger partial charge on any atom is -0.462 e. The molecule has 4 unspecified atom stereocenters. The molecule has 0 amide bonds. The van der Waals surface area contributed by atoms with Crippen LogP contribution in [-0.4, -0.2) is 34.8 Å². The van der Waals surface area contributed by atoms with Gasteiger partial charge in [-0.2, -0.15) is 0 Å². The summed E-state index contributed by atoms with van der Waals surface area (Å²) < 4.78 is 10.9. The third kappa shape index (κ3) is 2.88. The first-order chi connectivity index (χ1) is 8.06. The number of anilines is 1. The van der Waals surface area contributed by atoms with E-state index in [1.807, 2.05) is 0 Å². The minimum absolute atomic E-state index is 0.251. The van der Waals surface area contributed by atoms with Crippen LogP contribution in [0, 0.1) is 0 Å². The monoisotopic (exact) mass is 239 g/mol. The molecule has 1 fully saturated rings. The van der Waals surface area contributed by atoms with Crippen LogP contribution < -0.4 is 10.5 Å². The van der Waals surface area contributed by atoms with Crippen molar-refractivity contribution in [2.24, 2.45) is 0 Å². The number of nitrogen functional groups attached to an aromatic ring is 1. The molecule has 2 rings (SSSR count). The van der Waals surface area contributed by atoms with E-state index in [1.54, 1.807) is 31.2 Å². The fourth-order valence-electron chi connectivity index (χ4n) is 1.73. The molecule has 1 aromatic rings. The molecule has 5 heteroatoms. The van der Waals surface area contributed by atoms with Gasteiger partial charge in [0.25, 0.3) is 0 Å². The first-order valence-electron chi connectivity index (χ1n) is 5.60. The lowest BCUT2D eigenvalue weighted by molar-refractivity contribution is -0.228. The average molecular weight is 239 g/mol. The fourth-order valence-corrected chi connectivity index (χ4v) is 1.73. The van der Waals surface area contributed by atoms with Crippen LogP contribution in [0.4, 0.5) is 5.69 Å². The molecule has 0 spiro atoms. The number of rotatable bonds is 2. The van der Waals surface area contributed by atoms with E-state index < -0.39 is 18.5 Å². The van der Waals surface area contributed by atoms with Gasteiger partial charge in [-0.15, -0.1) is 0 Å². The molecular weight excluding hydrogens is 222 g/mol. The number of hydrogen-bond donors (Lipinski definition) is 3. The van der Waals surface area contributed by atoms with Gasteiger partial charge in [-0.05, 0) is 31.2 Å². The first kappa shape index (κ1) is 12.2. The van der Waals surface area contributed by atoms with E-state index in [1.165, 1.54) is 0 Å². The van der Waals surface area contributed by atoms with Crippen LogP contribution in [0.5, 0.6) is 5.75 Å². The van der Waals surface area contributed by atoms with Gasteiger partial charge in [-0.3, -0.25) is 0 Å². The SMILES string of the molecule is CC1OC(Oc2ccc(N)cc2)C(O)CC1O. The third-order valence-electron chi connectivity index (χ3n) is 2.82. The van der Waals surface area contributed by atoms with Gasteiger partial charge in [0.2, 0.25) is 6.29 Å². The Morgan fingerprint density at radius 2 is 1.88 bits per heavy atom. The van der Waals surface area contributed by atoms with Crippen molar-refractivity contribution in [2.45, 2.75) is 37.9 Å². The topological polar surface area (TPSA) is 84.9 Å². The van der Waals surface area contributed by atoms with Gasteiger partial charge in [0.1, 0.15) is 11.9 Å². The second-order valence-electron chi connectivity index (χ2n) is 4.27. The second kappa shape index (κ2) is 4.91. The average Bonchev–Trinajstić information content (AvgIpc) is 2.29. The molecule has 4 N–H and O–H groups in total. The zero-order valence-electron chi connectivity index (χ0n) is 9.61. The van der Waals surface area contributed by atoms with E-state index in [0.717, 1.165) is 0 Å². The predicted octanol–water partition coefficient (Wildman–Crippen LogP) is 0.504. The van der Waals surface area contributed by atoms with Crippen molar-refractivity contribution in [2.75, 3.05) is 5.73 Å². The van der Waals surface area contributed by atoms with E-state index in [4.69, 9.17) is 15.2 Å². The summed E-state index contributed by atoms with van der Waals surface area (Å²) in [5.41, 5.74) is 6.20. The normalized spacial score (nSPS) is 33.4. The molecule has 17 heavy (non-hydrogen) atoms. The standard InChI is InChI=1S/C12H17NO4/c1-7-10(14)6-11(15)12(16-7)17-9-4-2-8(13)3-5-9/h2-5,7,10-12,14-15H,6,13H2,1H3. The van der Waals surface area contributed by atoms with Gasteiger partial charge in [-0.25, -0.2) is 0 Å². The van der Waals surface area contributed by atoms with Crippen molar-refractivity contribution in [3.63, 3.8) is 0 Å². The van der Waals surface area contributed by atoms with Gasteiger partial charge in [-0.1, -0.05) is 0 Å². The summed E-state index contributed by atoms with van der Waals surface area (Å²) in [6.45, 7) is 1.75. The second-order valence-corrected chi connectivity index (χ2v) is 4.27. The molecule has 0 radical (unpaired) electrons. The lowest BCUT2D eigenvalue weighted by atomic mass is 10.0. The highest BCUT2D eigenvalue weighted by atomic mass is 16.7. The summed E-state index contributed by atoms with van der Waals surface area (Å²) >= 11 is 0. The van der Waals surface area contributed by atoms with E-state index in [9.17, 15) is 10.2 Å². The van der Waals surface area contributed by atoms with Crippen molar-refractivity contribution in [1.29, 1.82) is 0 Å². The van der Waals surface area contributed by atoms with Crippen LogP contribution in [0.15, 0.2) is 24.3 Å². The Hall–Kier alpha value is -1.30. The van der Waals surface area contributed by atoms with Gasteiger partial charge in [0.05, 0.1) is 12.2 Å². The summed E-state index contributed by atoms with van der Waals surface area (Å²) in [4.78, 5) is 0. The van der Waals surface area contributed by atoms with E-state index in [-0.39, 0.29) is 12.5 Å². The molecule has 1 aliphatic rings. The summed E-state index contributed by atoms with van der Waals surface area (Å²) in [5, 5.41) is 19.2. The van der Waals surface area contributed by atoms with Crippen LogP contribution in [0.2, 0.25) is 0 Å². The van der Waals surface area contributed by atoms with Crippen LogP contribution in [0.3, 0.4) is 0 Å². The zero-order valence-corrected chi connectivity index (χ0v) is 9.61. The summed E-state index contributed by atoms with van der Waals surface area (Å²) in [6, 6.07) is 6.84. The fraction of sp³-hybridized carbons (Fsp3) is 0.500. The van der Waals surface area contributed by atoms with Crippen molar-refractivity contribution in [3.05, 3.63) is 24.3 Å². The first-order valence-corrected chi connectivity index (χ1v) is 5.60. The maximum atomic E-state index is 9.74. The highest BCUT2D eigenvalue weighted by Gasteiger charge is 2.35. The molecular formula is C12H17NO4. The number of aliphatic hydroxyl groups excluding tert-OH is 2. The van der Waals surface area contributed by atoms with Crippen LogP contribution >= 0.6 is 0 Å². The number of ether oxygens (including phenoxy) is 2. The highest BCUT2D eigenvalue weighted by molar-refractivity contribution is 5.41. The maximum absolute atomic E-state index is 9.74. The maximum Gasteiger partial charge on any atom is 0.226 e. The summed E-state index contributed by atoms with van der Waals surface area (Å²) in [7, 11) is 0. The molecule has 1 aliphatic heterocycles. The quantitative estimate of drug-likeness (QED) is 0.655. The minimum atomic E-state index is -0.834. The predicted molar refractivity (Wildman–Crippen MR) is 62.4 cm³/mol. The van der Waals surface area contributed by atoms with Crippen LogP contribution in [0.1, 0.15) is 13.3 Å². The molecule has 4 atom stereocenters. The van der Waals surface area contributed by atoms with Gasteiger partial charge in [0, 0.05) is 12.1 Å². The number of hydrogen-bond acceptors (Lipinski definition) is 5. The smallest absolute Gasteiger partial charge is 0.226 e. The number of nitrogens with two attached hydrogens (primary N) is 1. The third-order valence-corrected chi connectivity index (χ3v) is 2.82. The van der Waals surface area contributed by atoms with E-state index in [0.29, 0.717) is 11.4 Å². The van der Waals surface area contributed by atoms with Gasteiger partial charge >= 0.3 is 0 Å². The zero-order chi connectivity index (χ0) is 12.4. The van der Waals surface area contributed by atoms with Gasteiger partial charge in [0.15, 0.2) is 0 Å². The number of aliphatic hydroxyl groups is 2. The lowest BCUT2D eigenvalue weighted by Gasteiger charge is -2.35. The van der Waals surface area contributed by atoms with Crippen molar-refractivity contribution < 1.29 is 19.7 Å². The Morgan fingerprint density at radius 3 is 2.53 bits per heavy atom. The summed E-state index contributed by atoms with van der Waals surface area (Å²) in [5.74, 6) is 0.576. The van der Waals surface area contributed by atoms with E-state index >= 15 is 0 Å². The molecule has 1 saturated heterocycles. The molecule has 94 valence electrons. The molecule has 1 aromatic carbocycles. The largest absolute Gasteiger partial charge is 0.462 e. The Bertz CT molecular complexity index is 367. The molecule has 0 bridgehead atoms. The van der Waals surface area contributed by atoms with Crippen molar-refractivity contribution in [3.8, 4) is 5.75 Å². The Kier molecular flexibility index (Phi) is 3.51. The molecule has 5 nitrogen and oxygen atoms in total. The lowest BCUT2D eigenvalue weighted by Crippen LogP contribution is -2.48. The Morgan fingerprint density at radius 1 is 1.24 bits per heavy atom. The number of benzene rings is 1. The van der Waals surface area contributed by atoms with Gasteiger partial charge < -0.3 is 25.4 Å². The van der Waals surface area contributed by atoms with E-state index in [2.05, 4.69) is 0 Å². The summed E-state index contributed by atoms with van der Waals surface area (Å²) in [6.07, 6.45) is -2.34. The highest BCUT2D eigenvalue weighted by Crippen LogP contribution is 2.23. The molecule has 0 aromatic heterocycles. The van der Waals surface area contributed by atoms with Crippen LogP contribution in [0.25, 0.3) is 0 Å². The molecule has 0 aliphatic carbocycles. The molecule has 1 heterocycles. The Balaban J connectivity index is 2.00.